The second kappa shape index (κ2) is 8.28. The summed E-state index contributed by atoms with van der Waals surface area (Å²) in [6, 6.07) is 1.94. The second-order valence-corrected chi connectivity index (χ2v) is 8.03. The lowest BCUT2D eigenvalue weighted by Gasteiger charge is -2.20. The number of aliphatic hydroxyl groups excluding tert-OH is 1. The Kier molecular flexibility index (Phi) is 6.05. The molecule has 26 heavy (non-hydrogen) atoms. The van der Waals surface area contributed by atoms with Gasteiger partial charge in [0.25, 0.3) is 0 Å². The van der Waals surface area contributed by atoms with E-state index in [1.807, 2.05) is 47.1 Å². The number of aromatic nitrogens is 3. The molecule has 0 aromatic carbocycles. The van der Waals surface area contributed by atoms with Gasteiger partial charge in [-0.1, -0.05) is 0 Å². The number of hydrogen-bond donors (Lipinski definition) is 1. The van der Waals surface area contributed by atoms with Crippen LogP contribution in [0.4, 0.5) is 0 Å². The normalized spacial score (nSPS) is 15.8. The summed E-state index contributed by atoms with van der Waals surface area (Å²) in [7, 11) is 3.85. The molecule has 0 bridgehead atoms. The van der Waals surface area contributed by atoms with Crippen LogP contribution >= 0.6 is 11.3 Å². The molecule has 0 saturated heterocycles. The largest absolute Gasteiger partial charge is 0.385 e. The molecule has 1 amide bonds. The minimum absolute atomic E-state index is 0.169. The number of likely N-dealkylation sites (N-methyl/N-ethyl adjacent to an activating group) is 1. The summed E-state index contributed by atoms with van der Waals surface area (Å²) in [5.41, 5.74) is 4.54. The zero-order chi connectivity index (χ0) is 18.7. The van der Waals surface area contributed by atoms with Gasteiger partial charge in [-0.15, -0.1) is 11.3 Å². The molecule has 0 fully saturated rings. The van der Waals surface area contributed by atoms with E-state index in [0.29, 0.717) is 25.2 Å². The van der Waals surface area contributed by atoms with Crippen LogP contribution in [0.1, 0.15) is 40.9 Å². The fraction of sp³-hybridized carbons (Fsp3) is 0.611. The fourth-order valence-corrected chi connectivity index (χ4v) is 4.03. The zero-order valence-corrected chi connectivity index (χ0v) is 16.5. The summed E-state index contributed by atoms with van der Waals surface area (Å²) in [5.74, 6) is 0.169. The maximum Gasteiger partial charge on any atom is 0.223 e. The van der Waals surface area contributed by atoms with Crippen molar-refractivity contribution >= 4 is 17.2 Å². The summed E-state index contributed by atoms with van der Waals surface area (Å²) < 4.78 is 1.94. The molecule has 3 heterocycles. The van der Waals surface area contributed by atoms with Gasteiger partial charge in [0.1, 0.15) is 6.10 Å². The highest BCUT2D eigenvalue weighted by Crippen LogP contribution is 2.20. The lowest BCUT2D eigenvalue weighted by molar-refractivity contribution is -0.131. The van der Waals surface area contributed by atoms with Crippen molar-refractivity contribution in [3.8, 4) is 0 Å². The molecular weight excluding hydrogens is 350 g/mol. The van der Waals surface area contributed by atoms with Crippen molar-refractivity contribution in [3.05, 3.63) is 33.5 Å². The van der Waals surface area contributed by atoms with Crippen LogP contribution in [0.15, 0.2) is 11.6 Å². The van der Waals surface area contributed by atoms with Crippen LogP contribution in [0.2, 0.25) is 0 Å². The van der Waals surface area contributed by atoms with E-state index in [-0.39, 0.29) is 5.91 Å². The van der Waals surface area contributed by atoms with Gasteiger partial charge in [0, 0.05) is 30.9 Å². The first-order valence-corrected chi connectivity index (χ1v) is 9.88. The number of rotatable bonds is 6. The van der Waals surface area contributed by atoms with Crippen LogP contribution < -0.4 is 0 Å². The van der Waals surface area contributed by atoms with Crippen molar-refractivity contribution in [2.24, 2.45) is 0 Å². The summed E-state index contributed by atoms with van der Waals surface area (Å²) in [5, 5.41) is 14.8. The smallest absolute Gasteiger partial charge is 0.223 e. The molecular formula is C18H27N5O2S. The Hall–Kier alpha value is -1.77. The minimum atomic E-state index is -0.608. The number of carbonyl (C=O) groups excluding carboxylic acids is 1. The first-order valence-electron chi connectivity index (χ1n) is 9.00. The molecule has 0 aliphatic carbocycles. The summed E-state index contributed by atoms with van der Waals surface area (Å²) in [6.07, 6.45) is 1.52. The maximum atomic E-state index is 12.7. The minimum Gasteiger partial charge on any atom is -0.385 e. The van der Waals surface area contributed by atoms with E-state index in [1.54, 1.807) is 11.3 Å². The number of fused-ring (bicyclic) bond motifs is 1. The average Bonchev–Trinajstić information content (AvgIpc) is 3.12. The Balaban J connectivity index is 1.64. The molecule has 2 aromatic heterocycles. The molecule has 0 spiro atoms. The van der Waals surface area contributed by atoms with Gasteiger partial charge >= 0.3 is 0 Å². The van der Waals surface area contributed by atoms with Crippen molar-refractivity contribution in [1.82, 2.24) is 24.6 Å². The second-order valence-electron chi connectivity index (χ2n) is 7.09. The number of aliphatic hydroxyl groups is 1. The summed E-state index contributed by atoms with van der Waals surface area (Å²) >= 11 is 1.61. The first kappa shape index (κ1) is 19.0. The topological polar surface area (TPSA) is 74.5 Å². The van der Waals surface area contributed by atoms with Crippen molar-refractivity contribution < 1.29 is 9.90 Å². The highest BCUT2D eigenvalue weighted by atomic mass is 32.1. The highest BCUT2D eigenvalue weighted by Gasteiger charge is 2.22. The van der Waals surface area contributed by atoms with Gasteiger partial charge in [0.15, 0.2) is 0 Å². The van der Waals surface area contributed by atoms with Gasteiger partial charge in [0.05, 0.1) is 29.1 Å². The molecule has 8 heteroatoms. The van der Waals surface area contributed by atoms with E-state index in [4.69, 9.17) is 0 Å². The standard InChI is InChI=1S/C18H27N5O2S/c1-13-17(26-12-19-13)5-6-18(25)22-7-4-8-23-14(10-22)9-15(20-23)16(24)11-21(2)3/h9,12,16,24H,4-8,10-11H2,1-3H3. The maximum absolute atomic E-state index is 12.7. The van der Waals surface area contributed by atoms with E-state index in [0.717, 1.165) is 37.3 Å². The summed E-state index contributed by atoms with van der Waals surface area (Å²) in [6.45, 7) is 4.61. The third-order valence-electron chi connectivity index (χ3n) is 4.68. The number of aryl methyl sites for hydroxylation is 3. The van der Waals surface area contributed by atoms with Crippen LogP contribution in [0.5, 0.6) is 0 Å². The Morgan fingerprint density at radius 1 is 1.42 bits per heavy atom. The Bertz CT molecular complexity index is 755. The van der Waals surface area contributed by atoms with Crippen molar-refractivity contribution in [3.63, 3.8) is 0 Å². The Morgan fingerprint density at radius 3 is 2.92 bits per heavy atom. The molecule has 0 saturated carbocycles. The molecule has 1 aliphatic heterocycles. The molecule has 142 valence electrons. The van der Waals surface area contributed by atoms with Crippen molar-refractivity contribution in [2.75, 3.05) is 27.2 Å². The van der Waals surface area contributed by atoms with Crippen LogP contribution in [0.25, 0.3) is 0 Å². The molecule has 1 unspecified atom stereocenters. The van der Waals surface area contributed by atoms with Crippen LogP contribution in [0, 0.1) is 6.92 Å². The van der Waals surface area contributed by atoms with Gasteiger partial charge in [-0.25, -0.2) is 4.98 Å². The van der Waals surface area contributed by atoms with E-state index in [9.17, 15) is 9.90 Å². The number of carbonyl (C=O) groups is 1. The predicted molar refractivity (Wildman–Crippen MR) is 101 cm³/mol. The predicted octanol–water partition coefficient (Wildman–Crippen LogP) is 1.61. The number of thiazole rings is 1. The van der Waals surface area contributed by atoms with Crippen molar-refractivity contribution in [1.29, 1.82) is 0 Å². The van der Waals surface area contributed by atoms with Gasteiger partial charge < -0.3 is 14.9 Å². The van der Waals surface area contributed by atoms with Crippen molar-refractivity contribution in [2.45, 2.75) is 45.4 Å². The quantitative estimate of drug-likeness (QED) is 0.828. The molecule has 2 aromatic rings. The molecule has 1 N–H and O–H groups in total. The average molecular weight is 378 g/mol. The fourth-order valence-electron chi connectivity index (χ4n) is 3.24. The van der Waals surface area contributed by atoms with Gasteiger partial charge in [-0.05, 0) is 39.9 Å². The lowest BCUT2D eigenvalue weighted by atomic mass is 10.2. The number of nitrogens with zero attached hydrogens (tertiary/aromatic N) is 5. The van der Waals surface area contributed by atoms with E-state index < -0.39 is 6.10 Å². The van der Waals surface area contributed by atoms with Gasteiger partial charge in [-0.3, -0.25) is 9.48 Å². The monoisotopic (exact) mass is 377 g/mol. The molecule has 7 nitrogen and oxygen atoms in total. The van der Waals surface area contributed by atoms with Crippen LogP contribution in [-0.2, 0) is 24.3 Å². The molecule has 1 atom stereocenters. The Labute approximate surface area is 158 Å². The molecule has 0 radical (unpaired) electrons. The first-order chi connectivity index (χ1) is 12.4. The third-order valence-corrected chi connectivity index (χ3v) is 5.67. The van der Waals surface area contributed by atoms with E-state index >= 15 is 0 Å². The Morgan fingerprint density at radius 2 is 2.23 bits per heavy atom. The number of amides is 1. The molecule has 1 aliphatic rings. The van der Waals surface area contributed by atoms with E-state index in [2.05, 4.69) is 10.1 Å². The SMILES string of the molecule is Cc1ncsc1CCC(=O)N1CCCn2nc(C(O)CN(C)C)cc2C1. The van der Waals surface area contributed by atoms with Gasteiger partial charge in [-0.2, -0.15) is 5.10 Å². The highest BCUT2D eigenvalue weighted by molar-refractivity contribution is 7.09. The van der Waals surface area contributed by atoms with Crippen LogP contribution in [-0.4, -0.2) is 62.8 Å². The molecule has 3 rings (SSSR count). The third kappa shape index (κ3) is 4.49. The van der Waals surface area contributed by atoms with Gasteiger partial charge in [0.2, 0.25) is 5.91 Å². The van der Waals surface area contributed by atoms with E-state index in [1.165, 1.54) is 4.88 Å². The number of hydrogen-bond acceptors (Lipinski definition) is 6. The zero-order valence-electron chi connectivity index (χ0n) is 15.7. The summed E-state index contributed by atoms with van der Waals surface area (Å²) in [4.78, 5) is 22.0. The lowest BCUT2D eigenvalue weighted by Crippen LogP contribution is -2.30. The van der Waals surface area contributed by atoms with Crippen LogP contribution in [0.3, 0.4) is 0 Å².